The van der Waals surface area contributed by atoms with Gasteiger partial charge in [-0.2, -0.15) is 10.2 Å². The number of hydrogen-bond acceptors (Lipinski definition) is 3. The molecule has 2 aromatic heterocycles. The van der Waals surface area contributed by atoms with Gasteiger partial charge in [-0.15, -0.1) is 0 Å². The van der Waals surface area contributed by atoms with Crippen molar-refractivity contribution in [1.82, 2.24) is 19.6 Å². The first-order chi connectivity index (χ1) is 8.58. The third kappa shape index (κ3) is 1.54. The molecule has 0 radical (unpaired) electrons. The lowest BCUT2D eigenvalue weighted by Crippen LogP contribution is -2.25. The van der Waals surface area contributed by atoms with E-state index < -0.39 is 0 Å². The lowest BCUT2D eigenvalue weighted by atomic mass is 10.0. The summed E-state index contributed by atoms with van der Waals surface area (Å²) in [5, 5.41) is 12.5. The summed E-state index contributed by atoms with van der Waals surface area (Å²) in [6, 6.07) is 2.41. The first kappa shape index (κ1) is 11.3. The number of nitrogens with one attached hydrogen (secondary N) is 1. The molecule has 1 atom stereocenters. The van der Waals surface area contributed by atoms with Crippen molar-refractivity contribution >= 4 is 5.82 Å². The summed E-state index contributed by atoms with van der Waals surface area (Å²) >= 11 is 0. The molecule has 1 unspecified atom stereocenters. The van der Waals surface area contributed by atoms with Gasteiger partial charge in [0, 0.05) is 30.9 Å². The number of rotatable bonds is 1. The molecule has 3 rings (SSSR count). The molecule has 0 spiro atoms. The van der Waals surface area contributed by atoms with Gasteiger partial charge in [0.1, 0.15) is 5.82 Å². The van der Waals surface area contributed by atoms with Crippen LogP contribution in [0.3, 0.4) is 0 Å². The van der Waals surface area contributed by atoms with Crippen molar-refractivity contribution in [3.63, 3.8) is 0 Å². The quantitative estimate of drug-likeness (QED) is 0.835. The predicted molar refractivity (Wildman–Crippen MR) is 70.9 cm³/mol. The Balaban J connectivity index is 2.13. The first-order valence-electron chi connectivity index (χ1n) is 6.38. The van der Waals surface area contributed by atoms with E-state index in [0.717, 1.165) is 30.2 Å². The molecular weight excluding hydrogens is 226 g/mol. The minimum atomic E-state index is 0.309. The Morgan fingerprint density at radius 2 is 2.06 bits per heavy atom. The van der Waals surface area contributed by atoms with Crippen LogP contribution in [0.2, 0.25) is 0 Å². The van der Waals surface area contributed by atoms with E-state index in [1.165, 1.54) is 11.3 Å². The van der Waals surface area contributed by atoms with Gasteiger partial charge in [-0.05, 0) is 27.2 Å². The fourth-order valence-corrected chi connectivity index (χ4v) is 2.88. The van der Waals surface area contributed by atoms with Gasteiger partial charge in [0.25, 0.3) is 0 Å². The van der Waals surface area contributed by atoms with Crippen LogP contribution in [0.5, 0.6) is 0 Å². The molecule has 96 valence electrons. The van der Waals surface area contributed by atoms with Gasteiger partial charge in [-0.3, -0.25) is 4.68 Å². The zero-order valence-corrected chi connectivity index (χ0v) is 11.4. The van der Waals surface area contributed by atoms with E-state index in [2.05, 4.69) is 40.1 Å². The third-order valence-corrected chi connectivity index (χ3v) is 3.78. The third-order valence-electron chi connectivity index (χ3n) is 3.78. The average molecular weight is 245 g/mol. The Morgan fingerprint density at radius 1 is 1.28 bits per heavy atom. The number of aryl methyl sites for hydroxylation is 3. The standard InChI is InChI=1S/C13H19N5/c1-8-7-12-14-6-5-11(18(12)15-8)13-9(2)16-17(4)10(13)3/h7,11,14H,5-6H2,1-4H3. The molecule has 0 saturated heterocycles. The fraction of sp³-hybridized carbons (Fsp3) is 0.538. The molecule has 2 aromatic rings. The van der Waals surface area contributed by atoms with Crippen LogP contribution in [0.1, 0.15) is 35.1 Å². The number of nitrogens with zero attached hydrogens (tertiary/aromatic N) is 4. The minimum Gasteiger partial charge on any atom is -0.370 e. The van der Waals surface area contributed by atoms with Crippen molar-refractivity contribution in [1.29, 1.82) is 0 Å². The highest BCUT2D eigenvalue weighted by atomic mass is 15.4. The van der Waals surface area contributed by atoms with Gasteiger partial charge in [-0.25, -0.2) is 4.68 Å². The van der Waals surface area contributed by atoms with Gasteiger partial charge in [-0.1, -0.05) is 0 Å². The molecule has 1 aliphatic heterocycles. The van der Waals surface area contributed by atoms with Gasteiger partial charge >= 0.3 is 0 Å². The summed E-state index contributed by atoms with van der Waals surface area (Å²) in [5.74, 6) is 1.12. The van der Waals surface area contributed by atoms with Gasteiger partial charge in [0.15, 0.2) is 0 Å². The van der Waals surface area contributed by atoms with Crippen LogP contribution in [0, 0.1) is 20.8 Å². The molecule has 0 saturated carbocycles. The molecule has 0 fully saturated rings. The Bertz CT molecular complexity index is 593. The Labute approximate surface area is 107 Å². The second kappa shape index (κ2) is 3.86. The van der Waals surface area contributed by atoms with Gasteiger partial charge in [0.2, 0.25) is 0 Å². The maximum Gasteiger partial charge on any atom is 0.125 e. The van der Waals surface area contributed by atoms with Crippen LogP contribution < -0.4 is 5.32 Å². The van der Waals surface area contributed by atoms with E-state index in [0.29, 0.717) is 6.04 Å². The molecule has 0 bridgehead atoms. The Kier molecular flexibility index (Phi) is 2.43. The summed E-state index contributed by atoms with van der Waals surface area (Å²) in [5.41, 5.74) is 4.73. The summed E-state index contributed by atoms with van der Waals surface area (Å²) < 4.78 is 4.07. The molecule has 1 aliphatic rings. The topological polar surface area (TPSA) is 47.7 Å². The SMILES string of the molecule is Cc1cc2n(n1)C(c1c(C)nn(C)c1C)CCN2. The van der Waals surface area contributed by atoms with Gasteiger partial charge in [0.05, 0.1) is 17.4 Å². The fourth-order valence-electron chi connectivity index (χ4n) is 2.88. The highest BCUT2D eigenvalue weighted by Crippen LogP contribution is 2.32. The monoisotopic (exact) mass is 245 g/mol. The molecule has 0 amide bonds. The van der Waals surface area contributed by atoms with Crippen molar-refractivity contribution in [2.24, 2.45) is 7.05 Å². The predicted octanol–water partition coefficient (Wildman–Crippen LogP) is 1.95. The molecule has 1 N–H and O–H groups in total. The molecule has 0 aromatic carbocycles. The van der Waals surface area contributed by atoms with E-state index in [1.807, 2.05) is 18.7 Å². The van der Waals surface area contributed by atoms with Crippen LogP contribution in [0.15, 0.2) is 6.07 Å². The molecule has 5 heteroatoms. The maximum absolute atomic E-state index is 4.62. The van der Waals surface area contributed by atoms with Crippen molar-refractivity contribution in [2.45, 2.75) is 33.2 Å². The minimum absolute atomic E-state index is 0.309. The number of anilines is 1. The lowest BCUT2D eigenvalue weighted by molar-refractivity contribution is 0.475. The molecule has 18 heavy (non-hydrogen) atoms. The van der Waals surface area contributed by atoms with Crippen LogP contribution in [0.25, 0.3) is 0 Å². The highest BCUT2D eigenvalue weighted by molar-refractivity contribution is 5.42. The van der Waals surface area contributed by atoms with Crippen molar-refractivity contribution in [3.8, 4) is 0 Å². The van der Waals surface area contributed by atoms with E-state index in [-0.39, 0.29) is 0 Å². The van der Waals surface area contributed by atoms with Crippen LogP contribution >= 0.6 is 0 Å². The average Bonchev–Trinajstić information content (AvgIpc) is 2.80. The largest absolute Gasteiger partial charge is 0.370 e. The van der Waals surface area contributed by atoms with Crippen LogP contribution in [-0.2, 0) is 7.05 Å². The summed E-state index contributed by atoms with van der Waals surface area (Å²) in [7, 11) is 2.00. The van der Waals surface area contributed by atoms with E-state index in [4.69, 9.17) is 0 Å². The molecule has 5 nitrogen and oxygen atoms in total. The van der Waals surface area contributed by atoms with Gasteiger partial charge < -0.3 is 5.32 Å². The van der Waals surface area contributed by atoms with Crippen LogP contribution in [0.4, 0.5) is 5.82 Å². The van der Waals surface area contributed by atoms with E-state index in [9.17, 15) is 0 Å². The number of hydrogen-bond donors (Lipinski definition) is 1. The first-order valence-corrected chi connectivity index (χ1v) is 6.38. The molecule has 0 aliphatic carbocycles. The van der Waals surface area contributed by atoms with Crippen molar-refractivity contribution in [3.05, 3.63) is 28.7 Å². The Morgan fingerprint density at radius 3 is 2.72 bits per heavy atom. The Hall–Kier alpha value is -1.78. The van der Waals surface area contributed by atoms with Crippen molar-refractivity contribution < 1.29 is 0 Å². The zero-order valence-electron chi connectivity index (χ0n) is 11.4. The maximum atomic E-state index is 4.62. The zero-order chi connectivity index (χ0) is 12.9. The molecule has 3 heterocycles. The second-order valence-corrected chi connectivity index (χ2v) is 5.05. The van der Waals surface area contributed by atoms with E-state index >= 15 is 0 Å². The smallest absolute Gasteiger partial charge is 0.125 e. The summed E-state index contributed by atoms with van der Waals surface area (Å²) in [6.45, 7) is 7.24. The number of fused-ring (bicyclic) bond motifs is 1. The summed E-state index contributed by atoms with van der Waals surface area (Å²) in [4.78, 5) is 0. The normalized spacial score (nSPS) is 18.6. The summed E-state index contributed by atoms with van der Waals surface area (Å²) in [6.07, 6.45) is 1.06. The van der Waals surface area contributed by atoms with E-state index in [1.54, 1.807) is 0 Å². The van der Waals surface area contributed by atoms with Crippen molar-refractivity contribution in [2.75, 3.05) is 11.9 Å². The lowest BCUT2D eigenvalue weighted by Gasteiger charge is -2.26. The second-order valence-electron chi connectivity index (χ2n) is 5.05. The van der Waals surface area contributed by atoms with Crippen LogP contribution in [-0.4, -0.2) is 26.1 Å². The highest BCUT2D eigenvalue weighted by Gasteiger charge is 2.27. The molecular formula is C13H19N5. The number of aromatic nitrogens is 4.